The molecule has 0 spiro atoms. The molecule has 2 aromatic heterocycles. The molecular formula is C24H28F3N5O. The first kappa shape index (κ1) is 23.3. The average molecular weight is 460 g/mol. The van der Waals surface area contributed by atoms with Crippen LogP contribution in [0.25, 0.3) is 16.9 Å². The molecule has 0 aliphatic carbocycles. The number of piperidine rings is 1. The Morgan fingerprint density at radius 3 is 2.70 bits per heavy atom. The Labute approximate surface area is 191 Å². The number of alkyl halides is 1. The first-order chi connectivity index (χ1) is 15.7. The number of aliphatic hydroxyl groups excluding tert-OH is 1. The molecule has 33 heavy (non-hydrogen) atoms. The maximum Gasteiger partial charge on any atom is 0.222 e. The van der Waals surface area contributed by atoms with Crippen LogP contribution in [0.15, 0.2) is 36.9 Å². The number of nitrogens with zero attached hydrogens (tertiary/aromatic N) is 4. The van der Waals surface area contributed by atoms with Crippen LogP contribution in [0.1, 0.15) is 24.5 Å². The molecule has 1 fully saturated rings. The minimum absolute atomic E-state index is 0.192. The fourth-order valence-electron chi connectivity index (χ4n) is 4.23. The molecule has 3 unspecified atom stereocenters. The number of hydrogen-bond acceptors (Lipinski definition) is 5. The molecule has 3 heterocycles. The van der Waals surface area contributed by atoms with E-state index in [1.165, 1.54) is 12.3 Å². The van der Waals surface area contributed by atoms with Crippen LogP contribution >= 0.6 is 0 Å². The maximum absolute atomic E-state index is 14.7. The molecule has 1 saturated heterocycles. The number of halogens is 3. The third kappa shape index (κ3) is 5.20. The predicted octanol–water partition coefficient (Wildman–Crippen LogP) is 4.03. The SMILES string of the molecule is Cc1cc(-n2cnc(-c3cc(NC4CCN(CC(C)O)CC4F)cnc3F)c2)c(C)cc1F. The Balaban J connectivity index is 1.53. The van der Waals surface area contributed by atoms with Crippen molar-refractivity contribution in [3.63, 3.8) is 0 Å². The second kappa shape index (κ2) is 9.52. The van der Waals surface area contributed by atoms with Gasteiger partial charge in [0, 0.05) is 31.5 Å². The normalized spacial score (nSPS) is 20.1. The molecular weight excluding hydrogens is 431 g/mol. The lowest BCUT2D eigenvalue weighted by molar-refractivity contribution is 0.0760. The largest absolute Gasteiger partial charge is 0.392 e. The second-order valence-electron chi connectivity index (χ2n) is 8.78. The Morgan fingerprint density at radius 1 is 1.18 bits per heavy atom. The summed E-state index contributed by atoms with van der Waals surface area (Å²) in [5.41, 5.74) is 3.05. The van der Waals surface area contributed by atoms with Crippen LogP contribution in [0.5, 0.6) is 0 Å². The quantitative estimate of drug-likeness (QED) is 0.545. The molecule has 1 aromatic carbocycles. The van der Waals surface area contributed by atoms with Crippen molar-refractivity contribution in [3.8, 4) is 16.9 Å². The van der Waals surface area contributed by atoms with Gasteiger partial charge in [0.2, 0.25) is 5.95 Å². The second-order valence-corrected chi connectivity index (χ2v) is 8.78. The topological polar surface area (TPSA) is 66.2 Å². The zero-order chi connectivity index (χ0) is 23.7. The van der Waals surface area contributed by atoms with E-state index in [0.717, 1.165) is 11.3 Å². The smallest absolute Gasteiger partial charge is 0.222 e. The lowest BCUT2D eigenvalue weighted by atomic mass is 10.0. The molecule has 0 bridgehead atoms. The van der Waals surface area contributed by atoms with Crippen molar-refractivity contribution in [1.82, 2.24) is 19.4 Å². The average Bonchev–Trinajstić information content (AvgIpc) is 3.23. The number of likely N-dealkylation sites (tertiary alicyclic amines) is 1. The van der Waals surface area contributed by atoms with E-state index in [1.807, 2.05) is 4.90 Å². The summed E-state index contributed by atoms with van der Waals surface area (Å²) in [6.07, 6.45) is 3.47. The van der Waals surface area contributed by atoms with Crippen molar-refractivity contribution >= 4 is 5.69 Å². The zero-order valence-electron chi connectivity index (χ0n) is 18.9. The molecule has 6 nitrogen and oxygen atoms in total. The van der Waals surface area contributed by atoms with E-state index in [0.29, 0.717) is 36.5 Å². The molecule has 3 atom stereocenters. The lowest BCUT2D eigenvalue weighted by Gasteiger charge is -2.36. The number of hydrogen-bond donors (Lipinski definition) is 2. The molecule has 1 aliphatic heterocycles. The van der Waals surface area contributed by atoms with Crippen molar-refractivity contribution in [3.05, 3.63) is 59.8 Å². The van der Waals surface area contributed by atoms with Gasteiger partial charge in [0.1, 0.15) is 12.0 Å². The van der Waals surface area contributed by atoms with Gasteiger partial charge in [-0.3, -0.25) is 4.90 Å². The van der Waals surface area contributed by atoms with Crippen molar-refractivity contribution < 1.29 is 18.3 Å². The minimum Gasteiger partial charge on any atom is -0.392 e. The van der Waals surface area contributed by atoms with E-state index in [1.54, 1.807) is 50.0 Å². The van der Waals surface area contributed by atoms with Crippen molar-refractivity contribution in [2.75, 3.05) is 25.0 Å². The molecule has 1 aliphatic rings. The van der Waals surface area contributed by atoms with Gasteiger partial charge in [-0.15, -0.1) is 0 Å². The van der Waals surface area contributed by atoms with Gasteiger partial charge in [-0.25, -0.2) is 18.7 Å². The van der Waals surface area contributed by atoms with E-state index >= 15 is 0 Å². The Bertz CT molecular complexity index is 1130. The summed E-state index contributed by atoms with van der Waals surface area (Å²) in [5, 5.41) is 12.7. The number of aryl methyl sites for hydroxylation is 2. The Kier molecular flexibility index (Phi) is 6.71. The van der Waals surface area contributed by atoms with E-state index in [-0.39, 0.29) is 17.9 Å². The van der Waals surface area contributed by atoms with Gasteiger partial charge < -0.3 is 15.0 Å². The molecule has 2 N–H and O–H groups in total. The molecule has 3 aromatic rings. The van der Waals surface area contributed by atoms with Gasteiger partial charge in [-0.1, -0.05) is 0 Å². The van der Waals surface area contributed by atoms with Crippen molar-refractivity contribution in [2.45, 2.75) is 45.5 Å². The number of imidazole rings is 1. The van der Waals surface area contributed by atoms with Gasteiger partial charge in [0.05, 0.1) is 41.6 Å². The highest BCUT2D eigenvalue weighted by atomic mass is 19.1. The highest BCUT2D eigenvalue weighted by Crippen LogP contribution is 2.27. The summed E-state index contributed by atoms with van der Waals surface area (Å²) in [7, 11) is 0. The van der Waals surface area contributed by atoms with Gasteiger partial charge in [-0.05, 0) is 56.5 Å². The number of pyridine rings is 1. The number of β-amino-alcohol motifs (C(OH)–C–C–N with tert-alkyl or cyclic N) is 1. The summed E-state index contributed by atoms with van der Waals surface area (Å²) in [6, 6.07) is 4.31. The fraction of sp³-hybridized carbons (Fsp3) is 0.417. The summed E-state index contributed by atoms with van der Waals surface area (Å²) in [6.45, 7) is 6.48. The number of rotatable bonds is 6. The molecule has 0 saturated carbocycles. The summed E-state index contributed by atoms with van der Waals surface area (Å²) in [4.78, 5) is 10.0. The first-order valence-corrected chi connectivity index (χ1v) is 11.0. The number of nitrogens with one attached hydrogen (secondary N) is 1. The van der Waals surface area contributed by atoms with Gasteiger partial charge in [0.25, 0.3) is 0 Å². The monoisotopic (exact) mass is 459 g/mol. The Morgan fingerprint density at radius 2 is 1.97 bits per heavy atom. The van der Waals surface area contributed by atoms with E-state index < -0.39 is 24.3 Å². The van der Waals surface area contributed by atoms with Crippen molar-refractivity contribution in [2.24, 2.45) is 0 Å². The number of aliphatic hydroxyl groups is 1. The molecule has 176 valence electrons. The standard InChI is InChI=1S/C24H28F3N5O/c1-14-7-23(15(2)6-19(14)25)32-12-22(29-13-32)18-8-17(9-28-24(18)27)30-21-4-5-31(10-16(3)33)11-20(21)26/h6-9,12-13,16,20-21,30,33H,4-5,10-11H2,1-3H3. The highest BCUT2D eigenvalue weighted by molar-refractivity contribution is 5.64. The van der Waals surface area contributed by atoms with Crippen molar-refractivity contribution in [1.29, 1.82) is 0 Å². The van der Waals surface area contributed by atoms with E-state index in [9.17, 15) is 18.3 Å². The molecule has 9 heteroatoms. The fourth-order valence-corrected chi connectivity index (χ4v) is 4.23. The van der Waals surface area contributed by atoms with Crippen LogP contribution in [-0.4, -0.2) is 62.5 Å². The number of anilines is 1. The number of benzene rings is 1. The lowest BCUT2D eigenvalue weighted by Crippen LogP contribution is -2.49. The maximum atomic E-state index is 14.7. The van der Waals surface area contributed by atoms with Gasteiger partial charge >= 0.3 is 0 Å². The third-order valence-electron chi connectivity index (χ3n) is 5.95. The van der Waals surface area contributed by atoms with Crippen LogP contribution in [-0.2, 0) is 0 Å². The molecule has 4 rings (SSSR count). The minimum atomic E-state index is -1.13. The van der Waals surface area contributed by atoms with Crippen LogP contribution < -0.4 is 5.32 Å². The van der Waals surface area contributed by atoms with E-state index in [4.69, 9.17) is 0 Å². The van der Waals surface area contributed by atoms with Gasteiger partial charge in [0.15, 0.2) is 0 Å². The van der Waals surface area contributed by atoms with Crippen LogP contribution in [0, 0.1) is 25.6 Å². The molecule has 0 radical (unpaired) electrons. The summed E-state index contributed by atoms with van der Waals surface area (Å²) in [5.74, 6) is -0.963. The zero-order valence-corrected chi connectivity index (χ0v) is 18.9. The van der Waals surface area contributed by atoms with E-state index in [2.05, 4.69) is 15.3 Å². The first-order valence-electron chi connectivity index (χ1n) is 11.0. The summed E-state index contributed by atoms with van der Waals surface area (Å²) < 4.78 is 44.8. The summed E-state index contributed by atoms with van der Waals surface area (Å²) >= 11 is 0. The molecule has 0 amide bonds. The van der Waals surface area contributed by atoms with Gasteiger partial charge in [-0.2, -0.15) is 4.39 Å². The van der Waals surface area contributed by atoms with Crippen LogP contribution in [0.4, 0.5) is 18.9 Å². The van der Waals surface area contributed by atoms with Crippen LogP contribution in [0.2, 0.25) is 0 Å². The predicted molar refractivity (Wildman–Crippen MR) is 121 cm³/mol. The third-order valence-corrected chi connectivity index (χ3v) is 5.95. The number of aromatic nitrogens is 3. The van der Waals surface area contributed by atoms with Crippen LogP contribution in [0.3, 0.4) is 0 Å². The Hall–Kier alpha value is -2.91. The highest BCUT2D eigenvalue weighted by Gasteiger charge is 2.29.